The Morgan fingerprint density at radius 2 is 1.78 bits per heavy atom. The van der Waals surface area contributed by atoms with E-state index in [2.05, 4.69) is 9.36 Å². The van der Waals surface area contributed by atoms with Crippen molar-refractivity contribution < 1.29 is 0 Å². The molecule has 0 aliphatic rings. The maximum atomic E-state index is 8.96. The van der Waals surface area contributed by atoms with Crippen LogP contribution in [0.15, 0.2) is 64.0 Å². The van der Waals surface area contributed by atoms with Crippen LogP contribution in [0, 0.1) is 23.2 Å². The van der Waals surface area contributed by atoms with Crippen molar-refractivity contribution in [2.45, 2.75) is 19.6 Å². The molecule has 0 bridgehead atoms. The number of aryl methyl sites for hydroxylation is 1. The molecular weight excluding hydrogens is 304 g/mol. The standard InChI is InChI=1S/C18H20N4S/c1-3-23(20,13-16-7-5-4-6-8-16)22-18(21-14-19)17-11-9-15(2)10-12-17/h4-12,20H,3,13H2,1-2H3. The topological polar surface area (TPSA) is 72.4 Å². The average Bonchev–Trinajstić information content (AvgIpc) is 2.56. The Morgan fingerprint density at radius 1 is 1.13 bits per heavy atom. The van der Waals surface area contributed by atoms with Crippen LogP contribution in [0.5, 0.6) is 0 Å². The summed E-state index contributed by atoms with van der Waals surface area (Å²) in [5.41, 5.74) is 3.00. The quantitative estimate of drug-likeness (QED) is 0.500. The smallest absolute Gasteiger partial charge is 0.207 e. The fourth-order valence-electron chi connectivity index (χ4n) is 2.10. The van der Waals surface area contributed by atoms with Crippen LogP contribution in [-0.2, 0) is 15.4 Å². The van der Waals surface area contributed by atoms with Crippen LogP contribution in [0.2, 0.25) is 0 Å². The molecule has 23 heavy (non-hydrogen) atoms. The number of nitrogens with zero attached hydrogens (tertiary/aromatic N) is 3. The molecule has 0 aliphatic carbocycles. The van der Waals surface area contributed by atoms with Gasteiger partial charge in [0.25, 0.3) is 0 Å². The Morgan fingerprint density at radius 3 is 2.35 bits per heavy atom. The summed E-state index contributed by atoms with van der Waals surface area (Å²) in [5, 5.41) is 8.96. The van der Waals surface area contributed by atoms with E-state index in [0.717, 1.165) is 16.7 Å². The second kappa shape index (κ2) is 7.70. The van der Waals surface area contributed by atoms with Gasteiger partial charge in [-0.2, -0.15) is 14.6 Å². The minimum absolute atomic E-state index is 0.357. The number of hydrogen-bond acceptors (Lipinski definition) is 3. The maximum absolute atomic E-state index is 8.96. The zero-order chi connectivity index (χ0) is 16.7. The monoisotopic (exact) mass is 324 g/mol. The van der Waals surface area contributed by atoms with Gasteiger partial charge in [0.1, 0.15) is 0 Å². The lowest BCUT2D eigenvalue weighted by molar-refractivity contribution is 1.32. The van der Waals surface area contributed by atoms with Crippen molar-refractivity contribution in [1.82, 2.24) is 0 Å². The zero-order valence-electron chi connectivity index (χ0n) is 13.4. The van der Waals surface area contributed by atoms with Crippen molar-refractivity contribution in [3.63, 3.8) is 0 Å². The fraction of sp³-hybridized carbons (Fsp3) is 0.222. The van der Waals surface area contributed by atoms with Gasteiger partial charge in [0.15, 0.2) is 5.84 Å². The Balaban J connectivity index is 2.43. The molecule has 5 heteroatoms. The highest BCUT2D eigenvalue weighted by molar-refractivity contribution is 7.94. The molecule has 0 aliphatic heterocycles. The molecule has 2 aromatic rings. The van der Waals surface area contributed by atoms with Crippen LogP contribution in [0.3, 0.4) is 0 Å². The van der Waals surface area contributed by atoms with E-state index in [4.69, 9.17) is 10.0 Å². The molecule has 0 fully saturated rings. The van der Waals surface area contributed by atoms with Crippen molar-refractivity contribution in [3.8, 4) is 6.19 Å². The molecule has 118 valence electrons. The second-order valence-electron chi connectivity index (χ2n) is 5.25. The van der Waals surface area contributed by atoms with Crippen molar-refractivity contribution in [3.05, 3.63) is 71.3 Å². The Hall–Kier alpha value is -2.45. The highest BCUT2D eigenvalue weighted by Crippen LogP contribution is 2.14. The number of amidine groups is 1. The number of aliphatic imine (C=N–C) groups is 1. The minimum atomic E-state index is -2.02. The van der Waals surface area contributed by atoms with E-state index in [1.807, 2.05) is 74.6 Å². The van der Waals surface area contributed by atoms with Gasteiger partial charge in [0, 0.05) is 17.1 Å². The van der Waals surface area contributed by atoms with Gasteiger partial charge in [-0.05, 0) is 12.5 Å². The summed E-state index contributed by atoms with van der Waals surface area (Å²) in [6.45, 7) is 3.97. The van der Waals surface area contributed by atoms with Gasteiger partial charge in [0.05, 0.1) is 0 Å². The second-order valence-corrected chi connectivity index (χ2v) is 7.99. The molecule has 4 nitrogen and oxygen atoms in total. The third-order valence-corrected chi connectivity index (χ3v) is 5.74. The summed E-state index contributed by atoms with van der Waals surface area (Å²) in [5.74, 6) is 1.55. The minimum Gasteiger partial charge on any atom is -0.269 e. The maximum Gasteiger partial charge on any atom is 0.207 e. The summed E-state index contributed by atoms with van der Waals surface area (Å²) in [4.78, 5) is 3.86. The highest BCUT2D eigenvalue weighted by Gasteiger charge is 2.09. The van der Waals surface area contributed by atoms with Crippen LogP contribution < -0.4 is 0 Å². The van der Waals surface area contributed by atoms with Gasteiger partial charge >= 0.3 is 0 Å². The van der Waals surface area contributed by atoms with Gasteiger partial charge in [-0.3, -0.25) is 4.78 Å². The van der Waals surface area contributed by atoms with E-state index in [1.54, 1.807) is 0 Å². The lowest BCUT2D eigenvalue weighted by Crippen LogP contribution is -2.09. The fourth-order valence-corrected chi connectivity index (χ4v) is 3.72. The van der Waals surface area contributed by atoms with Gasteiger partial charge in [-0.25, -0.2) is 0 Å². The lowest BCUT2D eigenvalue weighted by Gasteiger charge is -2.12. The number of nitriles is 1. The van der Waals surface area contributed by atoms with E-state index in [1.165, 1.54) is 0 Å². The molecule has 0 spiro atoms. The van der Waals surface area contributed by atoms with Crippen LogP contribution in [0.4, 0.5) is 0 Å². The molecule has 1 unspecified atom stereocenters. The SMILES string of the molecule is CCS(=N)(Cc1ccccc1)=NC(=NC#N)c1ccc(C)cc1. The summed E-state index contributed by atoms with van der Waals surface area (Å²) < 4.78 is 13.3. The van der Waals surface area contributed by atoms with Crippen molar-refractivity contribution in [1.29, 1.82) is 10.0 Å². The predicted octanol–water partition coefficient (Wildman–Crippen LogP) is 4.54. The first kappa shape index (κ1) is 16.9. The molecule has 2 rings (SSSR count). The largest absolute Gasteiger partial charge is 0.269 e. The molecular formula is C18H20N4S. The first-order valence-corrected chi connectivity index (χ1v) is 9.33. The van der Waals surface area contributed by atoms with Crippen LogP contribution in [-0.4, -0.2) is 11.6 Å². The molecule has 2 aromatic carbocycles. The molecule has 0 heterocycles. The number of benzene rings is 2. The zero-order valence-corrected chi connectivity index (χ0v) is 14.2. The summed E-state index contributed by atoms with van der Waals surface area (Å²) >= 11 is 0. The first-order valence-electron chi connectivity index (χ1n) is 7.40. The Kier molecular flexibility index (Phi) is 5.67. The van der Waals surface area contributed by atoms with E-state index >= 15 is 0 Å². The third-order valence-electron chi connectivity index (χ3n) is 3.45. The molecule has 0 aromatic heterocycles. The molecule has 1 atom stereocenters. The van der Waals surface area contributed by atoms with E-state index in [9.17, 15) is 0 Å². The first-order chi connectivity index (χ1) is 11.1. The van der Waals surface area contributed by atoms with Gasteiger partial charge in [-0.15, -0.1) is 0 Å². The predicted molar refractivity (Wildman–Crippen MR) is 96.5 cm³/mol. The number of hydrogen-bond donors (Lipinski definition) is 1. The van der Waals surface area contributed by atoms with Gasteiger partial charge < -0.3 is 0 Å². The summed E-state index contributed by atoms with van der Waals surface area (Å²) in [7, 11) is -2.02. The molecule has 0 saturated carbocycles. The molecule has 1 N–H and O–H groups in total. The van der Waals surface area contributed by atoms with E-state index in [-0.39, 0.29) is 0 Å². The average molecular weight is 324 g/mol. The Labute approximate surface area is 138 Å². The Bertz CT molecular complexity index is 837. The molecule has 0 radical (unpaired) electrons. The van der Waals surface area contributed by atoms with Crippen LogP contribution >= 0.6 is 0 Å². The molecule has 0 saturated heterocycles. The van der Waals surface area contributed by atoms with E-state index < -0.39 is 9.62 Å². The van der Waals surface area contributed by atoms with Crippen LogP contribution in [0.25, 0.3) is 0 Å². The third kappa shape index (κ3) is 4.76. The summed E-state index contributed by atoms with van der Waals surface area (Å²) in [6, 6.07) is 17.6. The van der Waals surface area contributed by atoms with Crippen LogP contribution in [0.1, 0.15) is 23.6 Å². The molecule has 0 amide bonds. The number of rotatable bonds is 4. The van der Waals surface area contributed by atoms with Crippen molar-refractivity contribution in [2.75, 3.05) is 5.75 Å². The lowest BCUT2D eigenvalue weighted by atomic mass is 10.1. The van der Waals surface area contributed by atoms with Crippen molar-refractivity contribution >= 4 is 15.5 Å². The van der Waals surface area contributed by atoms with Gasteiger partial charge in [-0.1, -0.05) is 76.7 Å². The van der Waals surface area contributed by atoms with Gasteiger partial charge in [0.2, 0.25) is 6.19 Å². The van der Waals surface area contributed by atoms with E-state index in [0.29, 0.717) is 17.3 Å². The number of nitrogens with one attached hydrogen (secondary N) is 1. The normalized spacial score (nSPS) is 13.9. The van der Waals surface area contributed by atoms with Crippen molar-refractivity contribution in [2.24, 2.45) is 9.36 Å². The summed E-state index contributed by atoms with van der Waals surface area (Å²) in [6.07, 6.45) is 1.82. The highest BCUT2D eigenvalue weighted by atomic mass is 32.2.